The van der Waals surface area contributed by atoms with Gasteiger partial charge in [-0.05, 0) is 43.2 Å². The minimum absolute atomic E-state index is 0.166. The van der Waals surface area contributed by atoms with Crippen LogP contribution < -0.4 is 0 Å². The topological polar surface area (TPSA) is 63.7 Å². The van der Waals surface area contributed by atoms with Crippen LogP contribution in [0.15, 0.2) is 53.0 Å². The van der Waals surface area contributed by atoms with Gasteiger partial charge in [0.05, 0.1) is 5.56 Å². The normalized spacial score (nSPS) is 14.9. The quantitative estimate of drug-likeness (QED) is 0.514. The number of Topliss-reactive ketones (excluding diaryl/α,β-unsaturated/α-hetero) is 1. The fourth-order valence-corrected chi connectivity index (χ4v) is 3.23. The average molecular weight is 430 g/mol. The van der Waals surface area contributed by atoms with Gasteiger partial charge in [-0.3, -0.25) is 9.59 Å². The number of ketones is 1. The second kappa shape index (κ2) is 8.48. The molecule has 1 amide bonds. The van der Waals surface area contributed by atoms with Gasteiger partial charge in [0.25, 0.3) is 0 Å². The Bertz CT molecular complexity index is 845. The van der Waals surface area contributed by atoms with Crippen molar-refractivity contribution in [1.29, 1.82) is 0 Å². The molecule has 3 rings (SSSR count). The Morgan fingerprint density at radius 2 is 1.70 bits per heavy atom. The summed E-state index contributed by atoms with van der Waals surface area (Å²) in [6.45, 7) is 2.89. The van der Waals surface area contributed by atoms with Crippen LogP contribution in [0.25, 0.3) is 0 Å². The van der Waals surface area contributed by atoms with Gasteiger partial charge in [-0.25, -0.2) is 4.79 Å². The molecule has 1 atom stereocenters. The highest BCUT2D eigenvalue weighted by Crippen LogP contribution is 2.16. The highest BCUT2D eigenvalue weighted by molar-refractivity contribution is 9.10. The van der Waals surface area contributed by atoms with Crippen molar-refractivity contribution in [2.24, 2.45) is 0 Å². The van der Waals surface area contributed by atoms with Crippen molar-refractivity contribution in [2.75, 3.05) is 6.54 Å². The number of hydrogen-bond donors (Lipinski definition) is 0. The Morgan fingerprint density at radius 3 is 2.30 bits per heavy atom. The molecule has 2 aromatic rings. The van der Waals surface area contributed by atoms with Crippen LogP contribution in [0.5, 0.6) is 0 Å². The van der Waals surface area contributed by atoms with Crippen LogP contribution in [0.4, 0.5) is 0 Å². The Balaban J connectivity index is 1.59. The molecule has 27 heavy (non-hydrogen) atoms. The summed E-state index contributed by atoms with van der Waals surface area (Å²) in [4.78, 5) is 38.2. The molecular formula is C21H20BrNO4. The molecule has 1 aliphatic heterocycles. The molecule has 1 fully saturated rings. The van der Waals surface area contributed by atoms with Crippen molar-refractivity contribution in [2.45, 2.75) is 32.4 Å². The van der Waals surface area contributed by atoms with Crippen molar-refractivity contribution in [3.8, 4) is 0 Å². The molecule has 0 aromatic heterocycles. The van der Waals surface area contributed by atoms with Gasteiger partial charge in [-0.2, -0.15) is 0 Å². The third-order valence-corrected chi connectivity index (χ3v) is 5.04. The number of halogens is 1. The van der Waals surface area contributed by atoms with E-state index in [4.69, 9.17) is 4.74 Å². The van der Waals surface area contributed by atoms with E-state index in [1.165, 1.54) is 0 Å². The Morgan fingerprint density at radius 1 is 1.07 bits per heavy atom. The lowest BCUT2D eigenvalue weighted by molar-refractivity contribution is -0.128. The van der Waals surface area contributed by atoms with E-state index in [1.807, 2.05) is 17.0 Å². The smallest absolute Gasteiger partial charge is 0.338 e. The highest BCUT2D eigenvalue weighted by Gasteiger charge is 2.22. The number of benzene rings is 2. The van der Waals surface area contributed by atoms with E-state index in [2.05, 4.69) is 15.9 Å². The number of hydrogen-bond acceptors (Lipinski definition) is 4. The number of likely N-dealkylation sites (tertiary alicyclic amines) is 1. The van der Waals surface area contributed by atoms with E-state index in [-0.39, 0.29) is 11.7 Å². The van der Waals surface area contributed by atoms with Crippen LogP contribution in [0.2, 0.25) is 0 Å². The van der Waals surface area contributed by atoms with Crippen LogP contribution in [-0.2, 0) is 16.1 Å². The first-order valence-corrected chi connectivity index (χ1v) is 9.61. The molecule has 2 aromatic carbocycles. The predicted octanol–water partition coefficient (Wildman–Crippen LogP) is 4.00. The summed E-state index contributed by atoms with van der Waals surface area (Å²) in [7, 11) is 0. The molecule has 5 nitrogen and oxygen atoms in total. The number of rotatable bonds is 6. The predicted molar refractivity (Wildman–Crippen MR) is 104 cm³/mol. The van der Waals surface area contributed by atoms with Gasteiger partial charge < -0.3 is 9.64 Å². The fraction of sp³-hybridized carbons (Fsp3) is 0.286. The molecule has 0 aliphatic carbocycles. The molecule has 0 N–H and O–H groups in total. The van der Waals surface area contributed by atoms with Crippen LogP contribution in [0.3, 0.4) is 0 Å². The van der Waals surface area contributed by atoms with Gasteiger partial charge in [0, 0.05) is 29.5 Å². The van der Waals surface area contributed by atoms with Crippen LogP contribution >= 0.6 is 15.9 Å². The molecular weight excluding hydrogens is 410 g/mol. The second-order valence-electron chi connectivity index (χ2n) is 6.53. The summed E-state index contributed by atoms with van der Waals surface area (Å²) in [6, 6.07) is 13.9. The average Bonchev–Trinajstić information content (AvgIpc) is 3.07. The zero-order valence-corrected chi connectivity index (χ0v) is 16.6. The zero-order valence-electron chi connectivity index (χ0n) is 15.0. The minimum Gasteiger partial charge on any atom is -0.451 e. The minimum atomic E-state index is -0.874. The number of amides is 1. The molecule has 140 valence electrons. The third-order valence-electron chi connectivity index (χ3n) is 4.52. The van der Waals surface area contributed by atoms with E-state index in [0.29, 0.717) is 24.1 Å². The van der Waals surface area contributed by atoms with E-state index >= 15 is 0 Å². The maximum atomic E-state index is 12.4. The van der Waals surface area contributed by atoms with Crippen LogP contribution in [-0.4, -0.2) is 35.2 Å². The molecule has 0 unspecified atom stereocenters. The third kappa shape index (κ3) is 4.83. The van der Waals surface area contributed by atoms with Crippen molar-refractivity contribution in [1.82, 2.24) is 4.90 Å². The van der Waals surface area contributed by atoms with Gasteiger partial charge in [0.2, 0.25) is 11.7 Å². The Hall–Kier alpha value is -2.47. The van der Waals surface area contributed by atoms with Crippen LogP contribution in [0.1, 0.15) is 46.0 Å². The lowest BCUT2D eigenvalue weighted by Crippen LogP contribution is -2.25. The largest absolute Gasteiger partial charge is 0.451 e. The van der Waals surface area contributed by atoms with Crippen molar-refractivity contribution >= 4 is 33.6 Å². The summed E-state index contributed by atoms with van der Waals surface area (Å²) in [6.07, 6.45) is 0.628. The van der Waals surface area contributed by atoms with Crippen molar-refractivity contribution in [3.63, 3.8) is 0 Å². The summed E-state index contributed by atoms with van der Waals surface area (Å²) < 4.78 is 6.18. The molecule has 1 saturated heterocycles. The SMILES string of the molecule is C[C@H](OC(=O)c1ccc(CN2CCCC2=O)cc1)C(=O)c1ccc(Br)cc1. The van der Waals surface area contributed by atoms with Crippen LogP contribution in [0, 0.1) is 0 Å². The summed E-state index contributed by atoms with van der Waals surface area (Å²) in [5.74, 6) is -0.629. The first-order valence-electron chi connectivity index (χ1n) is 8.81. The van der Waals surface area contributed by atoms with E-state index < -0.39 is 12.1 Å². The van der Waals surface area contributed by atoms with Gasteiger partial charge in [0.1, 0.15) is 0 Å². The molecule has 0 bridgehead atoms. The number of ether oxygens (including phenoxy) is 1. The Labute approximate surface area is 166 Å². The van der Waals surface area contributed by atoms with E-state index in [1.54, 1.807) is 43.3 Å². The van der Waals surface area contributed by atoms with E-state index in [9.17, 15) is 14.4 Å². The molecule has 6 heteroatoms. The molecule has 1 aliphatic rings. The maximum Gasteiger partial charge on any atom is 0.338 e. The number of carbonyl (C=O) groups is 3. The van der Waals surface area contributed by atoms with Gasteiger partial charge in [-0.1, -0.05) is 40.2 Å². The molecule has 1 heterocycles. The molecule has 0 spiro atoms. The first kappa shape index (κ1) is 19.3. The lowest BCUT2D eigenvalue weighted by Gasteiger charge is -2.16. The molecule has 0 saturated carbocycles. The maximum absolute atomic E-state index is 12.4. The second-order valence-corrected chi connectivity index (χ2v) is 7.45. The van der Waals surface area contributed by atoms with Crippen molar-refractivity contribution < 1.29 is 19.1 Å². The Kier molecular flexibility index (Phi) is 6.06. The standard InChI is InChI=1S/C21H20BrNO4/c1-14(20(25)16-8-10-18(22)11-9-16)27-21(26)17-6-4-15(5-7-17)13-23-12-2-3-19(23)24/h4-11,14H,2-3,12-13H2,1H3/t14-/m0/s1. The molecule has 0 radical (unpaired) electrons. The van der Waals surface area contributed by atoms with E-state index in [0.717, 1.165) is 23.0 Å². The summed E-state index contributed by atoms with van der Waals surface area (Å²) in [5, 5.41) is 0. The summed E-state index contributed by atoms with van der Waals surface area (Å²) in [5.41, 5.74) is 1.83. The first-order chi connectivity index (χ1) is 12.9. The zero-order chi connectivity index (χ0) is 19.4. The highest BCUT2D eigenvalue weighted by atomic mass is 79.9. The van der Waals surface area contributed by atoms with Gasteiger partial charge >= 0.3 is 5.97 Å². The monoisotopic (exact) mass is 429 g/mol. The van der Waals surface area contributed by atoms with Crippen molar-refractivity contribution in [3.05, 3.63) is 69.7 Å². The number of carbonyl (C=O) groups excluding carboxylic acids is 3. The number of esters is 1. The fourth-order valence-electron chi connectivity index (χ4n) is 2.97. The lowest BCUT2D eigenvalue weighted by atomic mass is 10.1. The number of nitrogens with zero attached hydrogens (tertiary/aromatic N) is 1. The summed E-state index contributed by atoms with van der Waals surface area (Å²) >= 11 is 3.32. The van der Waals surface area contributed by atoms with Gasteiger partial charge in [-0.15, -0.1) is 0 Å². The van der Waals surface area contributed by atoms with Gasteiger partial charge in [0.15, 0.2) is 6.10 Å².